The van der Waals surface area contributed by atoms with E-state index in [-0.39, 0.29) is 0 Å². The third-order valence-corrected chi connectivity index (χ3v) is 5.00. The Morgan fingerprint density at radius 1 is 1.00 bits per heavy atom. The molecule has 0 bridgehead atoms. The van der Waals surface area contributed by atoms with Crippen molar-refractivity contribution in [1.82, 2.24) is 20.0 Å². The molecular formula is C14H28N4. The van der Waals surface area contributed by atoms with E-state index < -0.39 is 0 Å². The van der Waals surface area contributed by atoms with Crippen LogP contribution in [0.5, 0.6) is 0 Å². The summed E-state index contributed by atoms with van der Waals surface area (Å²) in [5.74, 6) is 0.936. The van der Waals surface area contributed by atoms with Gasteiger partial charge in [0.25, 0.3) is 0 Å². The summed E-state index contributed by atoms with van der Waals surface area (Å²) < 4.78 is 0. The van der Waals surface area contributed by atoms with Gasteiger partial charge in [0.15, 0.2) is 0 Å². The van der Waals surface area contributed by atoms with Crippen LogP contribution < -0.4 is 5.32 Å². The van der Waals surface area contributed by atoms with Crippen LogP contribution in [-0.2, 0) is 0 Å². The van der Waals surface area contributed by atoms with Crippen LogP contribution in [0, 0.1) is 5.92 Å². The van der Waals surface area contributed by atoms with Gasteiger partial charge >= 0.3 is 0 Å². The Kier molecular flexibility index (Phi) is 4.19. The van der Waals surface area contributed by atoms with E-state index in [4.69, 9.17) is 0 Å². The van der Waals surface area contributed by atoms with Gasteiger partial charge in [-0.05, 0) is 32.4 Å². The summed E-state index contributed by atoms with van der Waals surface area (Å²) in [6.45, 7) is 11.4. The smallest absolute Gasteiger partial charge is 0.0235 e. The molecule has 104 valence electrons. The number of hydrogen-bond acceptors (Lipinski definition) is 4. The van der Waals surface area contributed by atoms with E-state index in [1.54, 1.807) is 0 Å². The number of likely N-dealkylation sites (tertiary alicyclic amines) is 1. The molecule has 3 saturated heterocycles. The first-order chi connectivity index (χ1) is 8.81. The lowest BCUT2D eigenvalue weighted by atomic mass is 9.94. The van der Waals surface area contributed by atoms with Gasteiger partial charge in [0.05, 0.1) is 0 Å². The lowest BCUT2D eigenvalue weighted by Gasteiger charge is -2.33. The second-order valence-corrected chi connectivity index (χ2v) is 6.37. The van der Waals surface area contributed by atoms with Crippen LogP contribution in [0.1, 0.15) is 12.8 Å². The van der Waals surface area contributed by atoms with Crippen LogP contribution in [0.2, 0.25) is 0 Å². The first-order valence-corrected chi connectivity index (χ1v) is 7.68. The van der Waals surface area contributed by atoms with Crippen molar-refractivity contribution >= 4 is 0 Å². The maximum atomic E-state index is 3.69. The summed E-state index contributed by atoms with van der Waals surface area (Å²) in [5, 5.41) is 3.69. The molecular weight excluding hydrogens is 224 g/mol. The zero-order valence-corrected chi connectivity index (χ0v) is 11.8. The number of nitrogens with one attached hydrogen (secondary N) is 1. The lowest BCUT2D eigenvalue weighted by molar-refractivity contribution is 0.139. The molecule has 2 atom stereocenters. The number of hydrogen-bond donors (Lipinski definition) is 1. The highest BCUT2D eigenvalue weighted by Gasteiger charge is 2.33. The Balaban J connectivity index is 1.39. The molecule has 3 heterocycles. The van der Waals surface area contributed by atoms with Gasteiger partial charge in [-0.25, -0.2) is 0 Å². The van der Waals surface area contributed by atoms with E-state index in [0.29, 0.717) is 0 Å². The van der Waals surface area contributed by atoms with Crippen molar-refractivity contribution in [1.29, 1.82) is 0 Å². The van der Waals surface area contributed by atoms with E-state index in [0.717, 1.165) is 12.0 Å². The molecule has 1 N–H and O–H groups in total. The third-order valence-electron chi connectivity index (χ3n) is 5.00. The second-order valence-electron chi connectivity index (χ2n) is 6.37. The van der Waals surface area contributed by atoms with Gasteiger partial charge in [0.1, 0.15) is 0 Å². The van der Waals surface area contributed by atoms with Crippen LogP contribution in [-0.4, -0.2) is 86.7 Å². The van der Waals surface area contributed by atoms with E-state index in [9.17, 15) is 0 Å². The minimum Gasteiger partial charge on any atom is -0.312 e. The fourth-order valence-corrected chi connectivity index (χ4v) is 3.67. The molecule has 0 aromatic carbocycles. The number of likely N-dealkylation sites (N-methyl/N-ethyl adjacent to an activating group) is 1. The molecule has 3 fully saturated rings. The van der Waals surface area contributed by atoms with Crippen LogP contribution in [0.25, 0.3) is 0 Å². The Morgan fingerprint density at radius 2 is 1.78 bits per heavy atom. The standard InChI is InChI=1S/C14H28N4/c1-16-5-7-17(8-6-16)9-10-18-11-13-3-2-4-15-14(13)12-18/h13-15H,2-12H2,1H3/t13-,14+/m0/s1. The number of piperazine rings is 1. The predicted octanol–water partition coefficient (Wildman–Crippen LogP) is -0.0824. The van der Waals surface area contributed by atoms with E-state index >= 15 is 0 Å². The van der Waals surface area contributed by atoms with E-state index in [1.807, 2.05) is 0 Å². The monoisotopic (exact) mass is 252 g/mol. The first kappa shape index (κ1) is 12.9. The first-order valence-electron chi connectivity index (χ1n) is 7.68. The number of rotatable bonds is 3. The van der Waals surface area contributed by atoms with Gasteiger partial charge in [0.2, 0.25) is 0 Å². The van der Waals surface area contributed by atoms with E-state index in [1.165, 1.54) is 71.7 Å². The summed E-state index contributed by atoms with van der Waals surface area (Å²) in [5.41, 5.74) is 0. The molecule has 3 rings (SSSR count). The fourth-order valence-electron chi connectivity index (χ4n) is 3.67. The van der Waals surface area contributed by atoms with Crippen molar-refractivity contribution in [3.8, 4) is 0 Å². The summed E-state index contributed by atoms with van der Waals surface area (Å²) in [4.78, 5) is 7.76. The maximum absolute atomic E-state index is 3.69. The summed E-state index contributed by atoms with van der Waals surface area (Å²) in [6.07, 6.45) is 2.83. The van der Waals surface area contributed by atoms with Crippen molar-refractivity contribution in [3.63, 3.8) is 0 Å². The van der Waals surface area contributed by atoms with Gasteiger partial charge in [-0.1, -0.05) is 0 Å². The number of nitrogens with zero attached hydrogens (tertiary/aromatic N) is 3. The molecule has 4 heteroatoms. The Hall–Kier alpha value is -0.160. The second kappa shape index (κ2) is 5.87. The van der Waals surface area contributed by atoms with Gasteiger partial charge < -0.3 is 15.1 Å². The number of fused-ring (bicyclic) bond motifs is 1. The predicted molar refractivity (Wildman–Crippen MR) is 74.9 cm³/mol. The van der Waals surface area contributed by atoms with Crippen molar-refractivity contribution in [2.45, 2.75) is 18.9 Å². The van der Waals surface area contributed by atoms with Gasteiger partial charge in [-0.3, -0.25) is 4.90 Å². The van der Waals surface area contributed by atoms with Crippen LogP contribution >= 0.6 is 0 Å². The molecule has 18 heavy (non-hydrogen) atoms. The highest BCUT2D eigenvalue weighted by molar-refractivity contribution is 4.92. The molecule has 0 amide bonds. The molecule has 0 aromatic rings. The van der Waals surface area contributed by atoms with Crippen LogP contribution in [0.15, 0.2) is 0 Å². The van der Waals surface area contributed by atoms with Crippen molar-refractivity contribution < 1.29 is 0 Å². The largest absolute Gasteiger partial charge is 0.312 e. The van der Waals surface area contributed by atoms with Crippen molar-refractivity contribution in [2.75, 3.05) is 66.0 Å². The highest BCUT2D eigenvalue weighted by Crippen LogP contribution is 2.24. The molecule has 4 nitrogen and oxygen atoms in total. The average Bonchev–Trinajstić information content (AvgIpc) is 2.81. The Labute approximate surface area is 111 Å². The number of piperidine rings is 1. The van der Waals surface area contributed by atoms with Crippen molar-refractivity contribution in [2.24, 2.45) is 5.92 Å². The normalized spacial score (nSPS) is 35.8. The summed E-state index contributed by atoms with van der Waals surface area (Å²) >= 11 is 0. The third kappa shape index (κ3) is 3.05. The molecule has 3 aliphatic heterocycles. The highest BCUT2D eigenvalue weighted by atomic mass is 15.3. The Morgan fingerprint density at radius 3 is 2.56 bits per heavy atom. The zero-order valence-electron chi connectivity index (χ0n) is 11.8. The van der Waals surface area contributed by atoms with Gasteiger partial charge in [-0.2, -0.15) is 0 Å². The molecule has 0 aromatic heterocycles. The van der Waals surface area contributed by atoms with Crippen LogP contribution in [0.4, 0.5) is 0 Å². The van der Waals surface area contributed by atoms with Gasteiger partial charge in [0, 0.05) is 58.4 Å². The molecule has 0 saturated carbocycles. The van der Waals surface area contributed by atoms with Crippen molar-refractivity contribution in [3.05, 3.63) is 0 Å². The molecule has 0 aliphatic carbocycles. The quantitative estimate of drug-likeness (QED) is 0.758. The SMILES string of the molecule is CN1CCN(CCN2C[C@@H]3CCCN[C@@H]3C2)CC1. The Bertz CT molecular complexity index is 249. The van der Waals surface area contributed by atoms with Gasteiger partial charge in [-0.15, -0.1) is 0 Å². The molecule has 0 spiro atoms. The minimum absolute atomic E-state index is 0.797. The summed E-state index contributed by atoms with van der Waals surface area (Å²) in [6, 6.07) is 0.797. The lowest BCUT2D eigenvalue weighted by Crippen LogP contribution is -2.47. The van der Waals surface area contributed by atoms with Crippen LogP contribution in [0.3, 0.4) is 0 Å². The molecule has 3 aliphatic rings. The summed E-state index contributed by atoms with van der Waals surface area (Å²) in [7, 11) is 2.23. The maximum Gasteiger partial charge on any atom is 0.0235 e. The van der Waals surface area contributed by atoms with E-state index in [2.05, 4.69) is 27.1 Å². The minimum atomic E-state index is 0.797. The fraction of sp³-hybridized carbons (Fsp3) is 1.00. The topological polar surface area (TPSA) is 21.8 Å². The molecule has 0 radical (unpaired) electrons. The molecule has 0 unspecified atom stereocenters. The zero-order chi connectivity index (χ0) is 12.4. The average molecular weight is 252 g/mol.